The van der Waals surface area contributed by atoms with Crippen molar-refractivity contribution in [1.29, 1.82) is 0 Å². The van der Waals surface area contributed by atoms with Crippen molar-refractivity contribution in [3.8, 4) is 0 Å². The van der Waals surface area contributed by atoms with Crippen LogP contribution in [-0.2, 0) is 21.2 Å². The maximum atomic E-state index is 11.8. The van der Waals surface area contributed by atoms with Gasteiger partial charge in [0, 0.05) is 18.7 Å². The van der Waals surface area contributed by atoms with Gasteiger partial charge < -0.3 is 10.4 Å². The van der Waals surface area contributed by atoms with Crippen LogP contribution in [0.4, 0.5) is 0 Å². The first-order chi connectivity index (χ1) is 9.77. The molecule has 0 aromatic carbocycles. The molecule has 2 rings (SSSR count). The van der Waals surface area contributed by atoms with Gasteiger partial charge >= 0.3 is 0 Å². The van der Waals surface area contributed by atoms with E-state index in [1.807, 2.05) is 24.6 Å². The molecule has 1 aromatic heterocycles. The highest BCUT2D eigenvalue weighted by atomic mass is 32.2. The zero-order chi connectivity index (χ0) is 15.6. The van der Waals surface area contributed by atoms with E-state index in [4.69, 9.17) is 0 Å². The van der Waals surface area contributed by atoms with E-state index in [1.165, 1.54) is 0 Å². The second-order valence-electron chi connectivity index (χ2n) is 5.57. The van der Waals surface area contributed by atoms with Crippen LogP contribution < -0.4 is 5.32 Å². The number of carbonyl (C=O) groups excluding carboxylic acids is 1. The average molecular weight is 315 g/mol. The molecule has 21 heavy (non-hydrogen) atoms. The summed E-state index contributed by atoms with van der Waals surface area (Å²) < 4.78 is 24.5. The molecular formula is C13H21N3O4S. The Morgan fingerprint density at radius 3 is 2.71 bits per heavy atom. The minimum Gasteiger partial charge on any atom is -0.390 e. The van der Waals surface area contributed by atoms with Crippen LogP contribution in [0, 0.1) is 13.8 Å². The van der Waals surface area contributed by atoms with Gasteiger partial charge in [-0.3, -0.25) is 9.48 Å². The zero-order valence-corrected chi connectivity index (χ0v) is 13.1. The topological polar surface area (TPSA) is 101 Å². The number of rotatable bonds is 5. The van der Waals surface area contributed by atoms with Crippen LogP contribution in [-0.4, -0.2) is 52.9 Å². The standard InChI is InChI=1S/C13H21N3O4S/c1-9-6-10(2)16(15-9)5-3-4-13(18)14-11-7-21(19,20)8-12(11)17/h6,11-12,17H,3-5,7-8H2,1-2H3,(H,14,18)/t11-,12-/m1/s1. The summed E-state index contributed by atoms with van der Waals surface area (Å²) in [6.07, 6.45) is -0.111. The summed E-state index contributed by atoms with van der Waals surface area (Å²) in [6.45, 7) is 4.51. The highest BCUT2D eigenvalue weighted by Crippen LogP contribution is 2.13. The number of carbonyl (C=O) groups is 1. The molecule has 1 saturated heterocycles. The van der Waals surface area contributed by atoms with Gasteiger partial charge in [0.1, 0.15) is 0 Å². The van der Waals surface area contributed by atoms with E-state index in [-0.39, 0.29) is 23.8 Å². The fourth-order valence-electron chi connectivity index (χ4n) is 2.54. The largest absolute Gasteiger partial charge is 0.390 e. The molecule has 0 unspecified atom stereocenters. The van der Waals surface area contributed by atoms with Crippen molar-refractivity contribution >= 4 is 15.7 Å². The second kappa shape index (κ2) is 6.15. The Hall–Kier alpha value is -1.41. The van der Waals surface area contributed by atoms with E-state index in [2.05, 4.69) is 10.4 Å². The predicted octanol–water partition coefficient (Wildman–Crippen LogP) is -0.446. The second-order valence-corrected chi connectivity index (χ2v) is 7.73. The molecule has 2 N–H and O–H groups in total. The van der Waals surface area contributed by atoms with Crippen molar-refractivity contribution in [2.45, 2.75) is 45.4 Å². The molecule has 2 atom stereocenters. The van der Waals surface area contributed by atoms with Gasteiger partial charge in [0.25, 0.3) is 0 Å². The number of aliphatic hydroxyl groups excluding tert-OH is 1. The van der Waals surface area contributed by atoms with Gasteiger partial charge in [-0.25, -0.2) is 8.42 Å². The Morgan fingerprint density at radius 2 is 2.19 bits per heavy atom. The maximum absolute atomic E-state index is 11.8. The average Bonchev–Trinajstić information content (AvgIpc) is 2.78. The van der Waals surface area contributed by atoms with Crippen LogP contribution >= 0.6 is 0 Å². The minimum absolute atomic E-state index is 0.183. The van der Waals surface area contributed by atoms with Crippen molar-refractivity contribution in [2.24, 2.45) is 0 Å². The lowest BCUT2D eigenvalue weighted by Gasteiger charge is -2.14. The van der Waals surface area contributed by atoms with Crippen LogP contribution in [0.1, 0.15) is 24.2 Å². The monoisotopic (exact) mass is 315 g/mol. The maximum Gasteiger partial charge on any atom is 0.220 e. The van der Waals surface area contributed by atoms with Crippen molar-refractivity contribution in [3.05, 3.63) is 17.5 Å². The molecule has 1 aliphatic heterocycles. The number of nitrogens with zero attached hydrogens (tertiary/aromatic N) is 2. The van der Waals surface area contributed by atoms with Gasteiger partial charge in [-0.15, -0.1) is 0 Å². The molecule has 0 bridgehead atoms. The summed E-state index contributed by atoms with van der Waals surface area (Å²) in [5, 5.41) is 16.5. The lowest BCUT2D eigenvalue weighted by molar-refractivity contribution is -0.122. The Bertz CT molecular complexity index is 623. The van der Waals surface area contributed by atoms with Gasteiger partial charge in [0.15, 0.2) is 9.84 Å². The van der Waals surface area contributed by atoms with Gasteiger partial charge in [-0.1, -0.05) is 0 Å². The summed E-state index contributed by atoms with van der Waals surface area (Å²) >= 11 is 0. The number of aryl methyl sites for hydroxylation is 3. The Labute approximate surface area is 124 Å². The van der Waals surface area contributed by atoms with E-state index in [0.29, 0.717) is 13.0 Å². The summed E-state index contributed by atoms with van der Waals surface area (Å²) in [7, 11) is -3.24. The molecule has 1 aromatic rings. The molecule has 8 heteroatoms. The summed E-state index contributed by atoms with van der Waals surface area (Å²) in [4.78, 5) is 11.8. The Balaban J connectivity index is 1.77. The zero-order valence-electron chi connectivity index (χ0n) is 12.2. The Kier molecular flexibility index (Phi) is 4.67. The lowest BCUT2D eigenvalue weighted by atomic mass is 10.2. The SMILES string of the molecule is Cc1cc(C)n(CCCC(=O)N[C@@H]2CS(=O)(=O)C[C@H]2O)n1. The minimum atomic E-state index is -3.24. The number of hydrogen-bond donors (Lipinski definition) is 2. The van der Waals surface area contributed by atoms with Gasteiger partial charge in [0.05, 0.1) is 29.3 Å². The summed E-state index contributed by atoms with van der Waals surface area (Å²) in [6, 6.07) is 1.29. The number of aliphatic hydroxyl groups is 1. The number of sulfone groups is 1. The van der Waals surface area contributed by atoms with E-state index >= 15 is 0 Å². The summed E-state index contributed by atoms with van der Waals surface area (Å²) in [5.41, 5.74) is 1.99. The van der Waals surface area contributed by atoms with Gasteiger partial charge in [0.2, 0.25) is 5.91 Å². The third-order valence-corrected chi connectivity index (χ3v) is 5.26. The highest BCUT2D eigenvalue weighted by Gasteiger charge is 2.37. The van der Waals surface area contributed by atoms with Gasteiger partial charge in [-0.05, 0) is 26.3 Å². The summed E-state index contributed by atoms with van der Waals surface area (Å²) in [5.74, 6) is -0.696. The van der Waals surface area contributed by atoms with E-state index in [0.717, 1.165) is 11.4 Å². The van der Waals surface area contributed by atoms with Gasteiger partial charge in [-0.2, -0.15) is 5.10 Å². The number of amides is 1. The molecule has 1 fully saturated rings. The molecule has 7 nitrogen and oxygen atoms in total. The quantitative estimate of drug-likeness (QED) is 0.767. The fraction of sp³-hybridized carbons (Fsp3) is 0.692. The van der Waals surface area contributed by atoms with Crippen LogP contribution in [0.15, 0.2) is 6.07 Å². The van der Waals surface area contributed by atoms with E-state index < -0.39 is 22.0 Å². The van der Waals surface area contributed by atoms with Crippen LogP contribution in [0.3, 0.4) is 0 Å². The third kappa shape index (κ3) is 4.28. The van der Waals surface area contributed by atoms with Crippen LogP contribution in [0.2, 0.25) is 0 Å². The smallest absolute Gasteiger partial charge is 0.220 e. The molecular weight excluding hydrogens is 294 g/mol. The number of nitrogens with one attached hydrogen (secondary N) is 1. The van der Waals surface area contributed by atoms with Crippen molar-refractivity contribution in [2.75, 3.05) is 11.5 Å². The van der Waals surface area contributed by atoms with Crippen molar-refractivity contribution in [3.63, 3.8) is 0 Å². The Morgan fingerprint density at radius 1 is 1.48 bits per heavy atom. The molecule has 2 heterocycles. The number of hydrogen-bond acceptors (Lipinski definition) is 5. The highest BCUT2D eigenvalue weighted by molar-refractivity contribution is 7.91. The third-order valence-electron chi connectivity index (χ3n) is 3.55. The first-order valence-electron chi connectivity index (χ1n) is 6.96. The van der Waals surface area contributed by atoms with E-state index in [1.54, 1.807) is 0 Å². The first kappa shape index (κ1) is 16.0. The lowest BCUT2D eigenvalue weighted by Crippen LogP contribution is -2.42. The molecule has 0 spiro atoms. The van der Waals surface area contributed by atoms with Crippen molar-refractivity contribution in [1.82, 2.24) is 15.1 Å². The van der Waals surface area contributed by atoms with E-state index in [9.17, 15) is 18.3 Å². The molecule has 0 aliphatic carbocycles. The molecule has 1 amide bonds. The van der Waals surface area contributed by atoms with Crippen LogP contribution in [0.25, 0.3) is 0 Å². The molecule has 118 valence electrons. The van der Waals surface area contributed by atoms with Crippen LogP contribution in [0.5, 0.6) is 0 Å². The molecule has 1 aliphatic rings. The first-order valence-corrected chi connectivity index (χ1v) is 8.78. The number of aromatic nitrogens is 2. The van der Waals surface area contributed by atoms with Crippen molar-refractivity contribution < 1.29 is 18.3 Å². The molecule has 0 saturated carbocycles. The normalized spacial score (nSPS) is 24.1. The predicted molar refractivity (Wildman–Crippen MR) is 77.5 cm³/mol. The molecule has 0 radical (unpaired) electrons. The fourth-order valence-corrected chi connectivity index (χ4v) is 4.28.